The lowest BCUT2D eigenvalue weighted by Crippen LogP contribution is -2.50. The first-order chi connectivity index (χ1) is 10.2. The van der Waals surface area contributed by atoms with Gasteiger partial charge in [-0.3, -0.25) is 9.69 Å². The van der Waals surface area contributed by atoms with E-state index in [0.717, 1.165) is 45.0 Å². The van der Waals surface area contributed by atoms with Gasteiger partial charge in [0, 0.05) is 51.5 Å². The molecule has 2 aliphatic rings. The van der Waals surface area contributed by atoms with Crippen molar-refractivity contribution in [1.29, 1.82) is 0 Å². The summed E-state index contributed by atoms with van der Waals surface area (Å²) < 4.78 is 0. The Bertz CT molecular complexity index is 472. The third kappa shape index (κ3) is 3.51. The van der Waals surface area contributed by atoms with Gasteiger partial charge in [-0.1, -0.05) is 6.07 Å². The average molecular weight is 289 g/mol. The first-order valence-corrected chi connectivity index (χ1v) is 7.64. The summed E-state index contributed by atoms with van der Waals surface area (Å²) in [7, 11) is 0. The van der Waals surface area contributed by atoms with Gasteiger partial charge in [0.05, 0.1) is 6.54 Å². The first-order valence-electron chi connectivity index (χ1n) is 7.64. The molecule has 0 bridgehead atoms. The molecule has 0 saturated carbocycles. The summed E-state index contributed by atoms with van der Waals surface area (Å²) in [5, 5.41) is 0. The van der Waals surface area contributed by atoms with Crippen molar-refractivity contribution in [3.63, 3.8) is 0 Å². The molecule has 6 nitrogen and oxygen atoms in total. The molecule has 2 N–H and O–H groups in total. The molecule has 0 radical (unpaired) electrons. The van der Waals surface area contributed by atoms with E-state index in [9.17, 15) is 4.79 Å². The third-order valence-electron chi connectivity index (χ3n) is 4.28. The second kappa shape index (κ2) is 6.41. The maximum atomic E-state index is 12.2. The molecular weight excluding hydrogens is 266 g/mol. The van der Waals surface area contributed by atoms with E-state index in [1.807, 2.05) is 29.3 Å². The van der Waals surface area contributed by atoms with Crippen LogP contribution in [0.15, 0.2) is 24.4 Å². The largest absolute Gasteiger partial charge is 0.354 e. The molecule has 3 rings (SSSR count). The van der Waals surface area contributed by atoms with E-state index in [1.165, 1.54) is 0 Å². The summed E-state index contributed by atoms with van der Waals surface area (Å²) in [5.74, 6) is 1.24. The summed E-state index contributed by atoms with van der Waals surface area (Å²) in [6.07, 6.45) is 2.75. The maximum Gasteiger partial charge on any atom is 0.236 e. The monoisotopic (exact) mass is 289 g/mol. The molecular formula is C15H23N5O. The summed E-state index contributed by atoms with van der Waals surface area (Å²) in [6.45, 7) is 5.70. The van der Waals surface area contributed by atoms with E-state index >= 15 is 0 Å². The van der Waals surface area contributed by atoms with Crippen LogP contribution in [-0.4, -0.2) is 72.5 Å². The van der Waals surface area contributed by atoms with Gasteiger partial charge in [-0.2, -0.15) is 0 Å². The SMILES string of the molecule is N[C@@H]1CCN(C(=O)CN2CCN(c3ccccn3)CC2)C1. The van der Waals surface area contributed by atoms with Gasteiger partial charge >= 0.3 is 0 Å². The lowest BCUT2D eigenvalue weighted by molar-refractivity contribution is -0.131. The normalized spacial score (nSPS) is 23.6. The quantitative estimate of drug-likeness (QED) is 0.832. The average Bonchev–Trinajstić information content (AvgIpc) is 2.96. The third-order valence-corrected chi connectivity index (χ3v) is 4.28. The van der Waals surface area contributed by atoms with E-state index < -0.39 is 0 Å². The van der Waals surface area contributed by atoms with Gasteiger partial charge in [-0.05, 0) is 18.6 Å². The van der Waals surface area contributed by atoms with Crippen LogP contribution in [0.2, 0.25) is 0 Å². The number of likely N-dealkylation sites (tertiary alicyclic amines) is 1. The maximum absolute atomic E-state index is 12.2. The minimum atomic E-state index is 0.162. The highest BCUT2D eigenvalue weighted by molar-refractivity contribution is 5.78. The van der Waals surface area contributed by atoms with Crippen molar-refractivity contribution >= 4 is 11.7 Å². The molecule has 1 atom stereocenters. The Kier molecular flexibility index (Phi) is 4.36. The van der Waals surface area contributed by atoms with Crippen LogP contribution in [0.3, 0.4) is 0 Å². The fourth-order valence-electron chi connectivity index (χ4n) is 2.98. The van der Waals surface area contributed by atoms with Gasteiger partial charge in [0.25, 0.3) is 0 Å². The Labute approximate surface area is 125 Å². The minimum absolute atomic E-state index is 0.162. The molecule has 3 heterocycles. The van der Waals surface area contributed by atoms with Crippen LogP contribution in [0.4, 0.5) is 5.82 Å². The molecule has 1 aromatic rings. The number of carbonyl (C=O) groups is 1. The van der Waals surface area contributed by atoms with Crippen LogP contribution in [0.25, 0.3) is 0 Å². The van der Waals surface area contributed by atoms with Crippen LogP contribution in [0.5, 0.6) is 0 Å². The molecule has 0 spiro atoms. The number of aromatic nitrogens is 1. The topological polar surface area (TPSA) is 65.7 Å². The lowest BCUT2D eigenvalue weighted by atomic mass is 10.3. The highest BCUT2D eigenvalue weighted by Crippen LogP contribution is 2.13. The zero-order valence-corrected chi connectivity index (χ0v) is 12.3. The van der Waals surface area contributed by atoms with E-state index in [1.54, 1.807) is 0 Å². The number of amides is 1. The van der Waals surface area contributed by atoms with Crippen LogP contribution < -0.4 is 10.6 Å². The molecule has 6 heteroatoms. The molecule has 114 valence electrons. The van der Waals surface area contributed by atoms with Crippen molar-refractivity contribution < 1.29 is 4.79 Å². The second-order valence-corrected chi connectivity index (χ2v) is 5.84. The Morgan fingerprint density at radius 1 is 1.24 bits per heavy atom. The number of piperazine rings is 1. The van der Waals surface area contributed by atoms with E-state index in [-0.39, 0.29) is 11.9 Å². The number of anilines is 1. The molecule has 0 aromatic carbocycles. The fraction of sp³-hybridized carbons (Fsp3) is 0.600. The highest BCUT2D eigenvalue weighted by Gasteiger charge is 2.26. The zero-order valence-electron chi connectivity index (χ0n) is 12.3. The Morgan fingerprint density at radius 2 is 2.05 bits per heavy atom. The van der Waals surface area contributed by atoms with Crippen molar-refractivity contribution in [2.24, 2.45) is 5.73 Å². The van der Waals surface area contributed by atoms with Crippen LogP contribution in [0, 0.1) is 0 Å². The number of nitrogens with zero attached hydrogens (tertiary/aromatic N) is 4. The minimum Gasteiger partial charge on any atom is -0.354 e. The van der Waals surface area contributed by atoms with Crippen molar-refractivity contribution in [3.8, 4) is 0 Å². The van der Waals surface area contributed by atoms with Gasteiger partial charge in [0.15, 0.2) is 0 Å². The van der Waals surface area contributed by atoms with Crippen LogP contribution in [0.1, 0.15) is 6.42 Å². The molecule has 21 heavy (non-hydrogen) atoms. The lowest BCUT2D eigenvalue weighted by Gasteiger charge is -2.35. The number of carbonyl (C=O) groups excluding carboxylic acids is 1. The van der Waals surface area contributed by atoms with Gasteiger partial charge in [-0.15, -0.1) is 0 Å². The highest BCUT2D eigenvalue weighted by atomic mass is 16.2. The van der Waals surface area contributed by atoms with Crippen LogP contribution in [-0.2, 0) is 4.79 Å². The Hall–Kier alpha value is -1.66. The van der Waals surface area contributed by atoms with Crippen molar-refractivity contribution in [2.45, 2.75) is 12.5 Å². The van der Waals surface area contributed by atoms with Gasteiger partial charge in [0.1, 0.15) is 5.82 Å². The fourth-order valence-corrected chi connectivity index (χ4v) is 2.98. The van der Waals surface area contributed by atoms with Gasteiger partial charge < -0.3 is 15.5 Å². The number of nitrogens with two attached hydrogens (primary N) is 1. The molecule has 1 amide bonds. The van der Waals surface area contributed by atoms with Crippen molar-refractivity contribution in [3.05, 3.63) is 24.4 Å². The van der Waals surface area contributed by atoms with Crippen molar-refractivity contribution in [1.82, 2.24) is 14.8 Å². The Balaban J connectivity index is 1.47. The summed E-state index contributed by atoms with van der Waals surface area (Å²) in [5.41, 5.74) is 5.86. The van der Waals surface area contributed by atoms with E-state index in [0.29, 0.717) is 13.1 Å². The molecule has 0 unspecified atom stereocenters. The molecule has 1 aromatic heterocycles. The van der Waals surface area contributed by atoms with Gasteiger partial charge in [-0.25, -0.2) is 4.98 Å². The van der Waals surface area contributed by atoms with E-state index in [2.05, 4.69) is 14.8 Å². The van der Waals surface area contributed by atoms with Crippen molar-refractivity contribution in [2.75, 3.05) is 50.7 Å². The van der Waals surface area contributed by atoms with Crippen LogP contribution >= 0.6 is 0 Å². The summed E-state index contributed by atoms with van der Waals surface area (Å²) >= 11 is 0. The smallest absolute Gasteiger partial charge is 0.236 e. The predicted octanol–water partition coefficient (Wildman–Crippen LogP) is -0.237. The zero-order chi connectivity index (χ0) is 14.7. The molecule has 2 fully saturated rings. The van der Waals surface area contributed by atoms with Gasteiger partial charge in [0.2, 0.25) is 5.91 Å². The second-order valence-electron chi connectivity index (χ2n) is 5.84. The predicted molar refractivity (Wildman–Crippen MR) is 82.1 cm³/mol. The number of hydrogen-bond acceptors (Lipinski definition) is 5. The number of hydrogen-bond donors (Lipinski definition) is 1. The summed E-state index contributed by atoms with van der Waals surface area (Å²) in [6, 6.07) is 6.13. The molecule has 2 aliphatic heterocycles. The molecule has 2 saturated heterocycles. The molecule has 0 aliphatic carbocycles. The van der Waals surface area contributed by atoms with E-state index in [4.69, 9.17) is 5.73 Å². The standard InChI is InChI=1S/C15H23N5O/c16-13-4-6-20(11-13)15(21)12-18-7-9-19(10-8-18)14-3-1-2-5-17-14/h1-3,5,13H,4,6-12,16H2/t13-/m1/s1. The Morgan fingerprint density at radius 3 is 2.67 bits per heavy atom. The number of pyridine rings is 1. The number of rotatable bonds is 3. The first kappa shape index (κ1) is 14.3. The summed E-state index contributed by atoms with van der Waals surface area (Å²) in [4.78, 5) is 23.0.